The molecule has 1 fully saturated rings. The molecule has 1 aliphatic heterocycles. The number of rotatable bonds is 3. The van der Waals surface area contributed by atoms with Crippen LogP contribution in [0.5, 0.6) is 0 Å². The van der Waals surface area contributed by atoms with Gasteiger partial charge in [0.25, 0.3) is 0 Å². The Morgan fingerprint density at radius 3 is 2.42 bits per heavy atom. The highest BCUT2D eigenvalue weighted by Gasteiger charge is 2.39. The fourth-order valence-electron chi connectivity index (χ4n) is 2.47. The van der Waals surface area contributed by atoms with Gasteiger partial charge < -0.3 is 9.64 Å². The number of amides is 1. The molecular formula is C12H22ClNO4S. The third kappa shape index (κ3) is 5.18. The van der Waals surface area contributed by atoms with Crippen LogP contribution >= 0.6 is 10.7 Å². The maximum absolute atomic E-state index is 12.1. The van der Waals surface area contributed by atoms with Gasteiger partial charge in [-0.15, -0.1) is 0 Å². The average Bonchev–Trinajstić information content (AvgIpc) is 2.55. The van der Waals surface area contributed by atoms with Gasteiger partial charge in [0.1, 0.15) is 5.60 Å². The van der Waals surface area contributed by atoms with Crippen molar-refractivity contribution in [2.45, 2.75) is 52.2 Å². The smallest absolute Gasteiger partial charge is 0.410 e. The lowest BCUT2D eigenvalue weighted by Gasteiger charge is -2.29. The van der Waals surface area contributed by atoms with E-state index in [-0.39, 0.29) is 23.8 Å². The molecule has 2 unspecified atom stereocenters. The maximum atomic E-state index is 12.1. The van der Waals surface area contributed by atoms with Crippen LogP contribution in [-0.2, 0) is 13.8 Å². The Kier molecular flexibility index (Phi) is 5.12. The predicted molar refractivity (Wildman–Crippen MR) is 74.8 cm³/mol. The van der Waals surface area contributed by atoms with Gasteiger partial charge in [0.15, 0.2) is 0 Å². The zero-order valence-electron chi connectivity index (χ0n) is 11.8. The SMILES string of the molecule is CCC1C(CS(=O)(=O)Cl)CCN1C(=O)OC(C)(C)C. The monoisotopic (exact) mass is 311 g/mol. The second-order valence-electron chi connectivity index (χ2n) is 5.90. The standard InChI is InChI=1S/C12H22ClNO4S/c1-5-10-9(8-19(13,16)17)6-7-14(10)11(15)18-12(2,3)4/h9-10H,5-8H2,1-4H3. The van der Waals surface area contributed by atoms with Crippen molar-refractivity contribution in [3.8, 4) is 0 Å². The quantitative estimate of drug-likeness (QED) is 0.752. The highest BCUT2D eigenvalue weighted by Crippen LogP contribution is 2.30. The number of nitrogens with zero attached hydrogens (tertiary/aromatic N) is 1. The van der Waals surface area contributed by atoms with Crippen molar-refractivity contribution in [2.24, 2.45) is 5.92 Å². The summed E-state index contributed by atoms with van der Waals surface area (Å²) in [7, 11) is 1.77. The molecule has 1 amide bonds. The summed E-state index contributed by atoms with van der Waals surface area (Å²) >= 11 is 0. The van der Waals surface area contributed by atoms with Gasteiger partial charge in [0.2, 0.25) is 9.05 Å². The van der Waals surface area contributed by atoms with Crippen LogP contribution in [0.3, 0.4) is 0 Å². The molecule has 0 radical (unpaired) electrons. The molecule has 0 saturated carbocycles. The molecule has 0 N–H and O–H groups in total. The minimum Gasteiger partial charge on any atom is -0.444 e. The second-order valence-corrected chi connectivity index (χ2v) is 8.73. The predicted octanol–water partition coefficient (Wildman–Crippen LogP) is 2.59. The van der Waals surface area contributed by atoms with E-state index >= 15 is 0 Å². The van der Waals surface area contributed by atoms with Gasteiger partial charge in [-0.05, 0) is 39.5 Å². The van der Waals surface area contributed by atoms with Gasteiger partial charge in [-0.25, -0.2) is 13.2 Å². The summed E-state index contributed by atoms with van der Waals surface area (Å²) in [5.74, 6) is -0.202. The molecule has 1 heterocycles. The molecule has 0 aromatic carbocycles. The van der Waals surface area contributed by atoms with E-state index in [9.17, 15) is 13.2 Å². The minimum atomic E-state index is -3.54. The summed E-state index contributed by atoms with van der Waals surface area (Å²) in [5.41, 5.74) is -0.550. The van der Waals surface area contributed by atoms with E-state index in [4.69, 9.17) is 15.4 Å². The fourth-order valence-corrected chi connectivity index (χ4v) is 3.85. The van der Waals surface area contributed by atoms with Crippen molar-refractivity contribution in [2.75, 3.05) is 12.3 Å². The third-order valence-electron chi connectivity index (χ3n) is 3.14. The molecule has 0 aliphatic carbocycles. The van der Waals surface area contributed by atoms with Gasteiger partial charge in [0, 0.05) is 23.3 Å². The first-order valence-corrected chi connectivity index (χ1v) is 8.93. The van der Waals surface area contributed by atoms with E-state index in [0.717, 1.165) is 0 Å². The van der Waals surface area contributed by atoms with Crippen molar-refractivity contribution >= 4 is 25.8 Å². The number of hydrogen-bond acceptors (Lipinski definition) is 4. The van der Waals surface area contributed by atoms with E-state index in [1.54, 1.807) is 4.90 Å². The number of carbonyl (C=O) groups excluding carboxylic acids is 1. The molecular weight excluding hydrogens is 290 g/mol. The van der Waals surface area contributed by atoms with Gasteiger partial charge >= 0.3 is 6.09 Å². The molecule has 1 aliphatic rings. The average molecular weight is 312 g/mol. The molecule has 19 heavy (non-hydrogen) atoms. The van der Waals surface area contributed by atoms with E-state index < -0.39 is 14.7 Å². The van der Waals surface area contributed by atoms with Crippen LogP contribution in [0.1, 0.15) is 40.5 Å². The number of hydrogen-bond donors (Lipinski definition) is 0. The van der Waals surface area contributed by atoms with Gasteiger partial charge in [-0.2, -0.15) is 0 Å². The molecule has 0 aromatic heterocycles. The molecule has 1 rings (SSSR count). The largest absolute Gasteiger partial charge is 0.444 e. The third-order valence-corrected chi connectivity index (χ3v) is 4.35. The first-order valence-electron chi connectivity index (χ1n) is 6.45. The van der Waals surface area contributed by atoms with Crippen LogP contribution in [0.2, 0.25) is 0 Å². The van der Waals surface area contributed by atoms with Crippen LogP contribution in [0.4, 0.5) is 4.79 Å². The molecule has 1 saturated heterocycles. The molecule has 0 bridgehead atoms. The Morgan fingerprint density at radius 1 is 1.42 bits per heavy atom. The van der Waals surface area contributed by atoms with Crippen LogP contribution in [0.25, 0.3) is 0 Å². The summed E-state index contributed by atoms with van der Waals surface area (Å²) in [6.07, 6.45) is 0.953. The Balaban J connectivity index is 2.75. The van der Waals surface area contributed by atoms with Gasteiger partial charge in [0.05, 0.1) is 5.75 Å². The normalized spacial score (nSPS) is 24.6. The summed E-state index contributed by atoms with van der Waals surface area (Å²) in [5, 5.41) is 0. The molecule has 2 atom stereocenters. The zero-order chi connectivity index (χ0) is 14.8. The van der Waals surface area contributed by atoms with Gasteiger partial charge in [-0.3, -0.25) is 0 Å². The van der Waals surface area contributed by atoms with E-state index in [0.29, 0.717) is 19.4 Å². The molecule has 5 nitrogen and oxygen atoms in total. The van der Waals surface area contributed by atoms with Crippen molar-refractivity contribution in [1.29, 1.82) is 0 Å². The Bertz CT molecular complexity index is 430. The maximum Gasteiger partial charge on any atom is 0.410 e. The van der Waals surface area contributed by atoms with Crippen LogP contribution in [0.15, 0.2) is 0 Å². The molecule has 0 spiro atoms. The highest BCUT2D eigenvalue weighted by atomic mass is 35.7. The fraction of sp³-hybridized carbons (Fsp3) is 0.917. The summed E-state index contributed by atoms with van der Waals surface area (Å²) in [4.78, 5) is 13.7. The van der Waals surface area contributed by atoms with E-state index in [2.05, 4.69) is 0 Å². The summed E-state index contributed by atoms with van der Waals surface area (Å²) in [6, 6.07) is -0.122. The lowest BCUT2D eigenvalue weighted by atomic mass is 10.0. The van der Waals surface area contributed by atoms with Crippen LogP contribution in [0, 0.1) is 5.92 Å². The molecule has 7 heteroatoms. The van der Waals surface area contributed by atoms with Crippen molar-refractivity contribution in [3.63, 3.8) is 0 Å². The first-order chi connectivity index (χ1) is 8.53. The number of likely N-dealkylation sites (tertiary alicyclic amines) is 1. The molecule has 112 valence electrons. The van der Waals surface area contributed by atoms with Crippen LogP contribution in [-0.4, -0.2) is 43.4 Å². The van der Waals surface area contributed by atoms with Crippen molar-refractivity contribution in [1.82, 2.24) is 4.90 Å². The Morgan fingerprint density at radius 2 is 2.00 bits per heavy atom. The lowest BCUT2D eigenvalue weighted by molar-refractivity contribution is 0.0208. The van der Waals surface area contributed by atoms with E-state index in [1.807, 2.05) is 27.7 Å². The van der Waals surface area contributed by atoms with E-state index in [1.165, 1.54) is 0 Å². The van der Waals surface area contributed by atoms with Crippen molar-refractivity contribution < 1.29 is 17.9 Å². The summed E-state index contributed by atoms with van der Waals surface area (Å²) in [6.45, 7) is 7.87. The Hall–Kier alpha value is -0.490. The first kappa shape index (κ1) is 16.6. The lowest BCUT2D eigenvalue weighted by Crippen LogP contribution is -2.41. The number of ether oxygens (including phenoxy) is 1. The number of halogens is 1. The minimum absolute atomic E-state index is 0.0909. The Labute approximate surface area is 119 Å². The molecule has 0 aromatic rings. The van der Waals surface area contributed by atoms with Crippen molar-refractivity contribution in [3.05, 3.63) is 0 Å². The van der Waals surface area contributed by atoms with Gasteiger partial charge in [-0.1, -0.05) is 6.92 Å². The topological polar surface area (TPSA) is 63.7 Å². The summed E-state index contributed by atoms with van der Waals surface area (Å²) < 4.78 is 27.7. The van der Waals surface area contributed by atoms with Crippen LogP contribution < -0.4 is 0 Å². The zero-order valence-corrected chi connectivity index (χ0v) is 13.4. The highest BCUT2D eigenvalue weighted by molar-refractivity contribution is 8.13. The number of carbonyl (C=O) groups is 1. The second kappa shape index (κ2) is 5.87.